The molecule has 1 N–H and O–H groups in total. The lowest BCUT2D eigenvalue weighted by atomic mass is 9.79. The Balaban J connectivity index is 1.08. The summed E-state index contributed by atoms with van der Waals surface area (Å²) in [6.07, 6.45) is -0.272. The Kier molecular flexibility index (Phi) is 7.23. The molecule has 1 unspecified atom stereocenters. The van der Waals surface area contributed by atoms with E-state index in [1.54, 1.807) is 0 Å². The molecule has 8 aromatic rings. The molecule has 3 nitrogen and oxygen atoms in total. The van der Waals surface area contributed by atoms with Gasteiger partial charge in [-0.3, -0.25) is 0 Å². The average Bonchev–Trinajstić information content (AvgIpc) is 3.47. The second kappa shape index (κ2) is 12.3. The second-order valence-electron chi connectivity index (χ2n) is 14.7. The number of aliphatic imine (C=N–C) groups is 2. The third-order valence-corrected chi connectivity index (χ3v) is 11.1. The first-order chi connectivity index (χ1) is 26.0. The molecule has 0 radical (unpaired) electrons. The van der Waals surface area contributed by atoms with Gasteiger partial charge in [0.15, 0.2) is 5.84 Å². The van der Waals surface area contributed by atoms with E-state index in [4.69, 9.17) is 9.98 Å². The summed E-state index contributed by atoms with van der Waals surface area (Å²) in [7, 11) is 0. The normalized spacial score (nSPS) is 15.7. The number of nitrogens with one attached hydrogen (secondary N) is 1. The summed E-state index contributed by atoms with van der Waals surface area (Å²) in [6.45, 7) is 4.73. The summed E-state index contributed by atoms with van der Waals surface area (Å²) in [5, 5.41) is 8.72. The molecule has 0 spiro atoms. The van der Waals surface area contributed by atoms with Crippen LogP contribution in [-0.4, -0.2) is 11.7 Å². The third kappa shape index (κ3) is 5.27. The van der Waals surface area contributed by atoms with E-state index in [-0.39, 0.29) is 11.6 Å². The minimum Gasteiger partial charge on any atom is -0.344 e. The highest BCUT2D eigenvalue weighted by Gasteiger charge is 2.39. The Morgan fingerprint density at radius 2 is 1.13 bits per heavy atom. The maximum absolute atomic E-state index is 5.25. The first-order valence-electron chi connectivity index (χ1n) is 18.4. The average molecular weight is 680 g/mol. The molecular weight excluding hydrogens is 643 g/mol. The van der Waals surface area contributed by atoms with Gasteiger partial charge >= 0.3 is 0 Å². The third-order valence-electron chi connectivity index (χ3n) is 11.1. The molecule has 8 aromatic carbocycles. The summed E-state index contributed by atoms with van der Waals surface area (Å²) in [4.78, 5) is 10.5. The number of hydrogen-bond donors (Lipinski definition) is 1. The minimum absolute atomic E-state index is 0.234. The topological polar surface area (TPSA) is 36.8 Å². The molecule has 1 atom stereocenters. The monoisotopic (exact) mass is 679 g/mol. The van der Waals surface area contributed by atoms with Crippen LogP contribution in [0.15, 0.2) is 186 Å². The fourth-order valence-corrected chi connectivity index (χ4v) is 8.40. The van der Waals surface area contributed by atoms with Crippen molar-refractivity contribution in [2.75, 3.05) is 0 Å². The van der Waals surface area contributed by atoms with Crippen molar-refractivity contribution in [3.8, 4) is 33.4 Å². The molecule has 2 aliphatic rings. The van der Waals surface area contributed by atoms with Crippen molar-refractivity contribution < 1.29 is 0 Å². The van der Waals surface area contributed by atoms with E-state index < -0.39 is 0 Å². The number of rotatable bonds is 5. The number of benzene rings is 8. The van der Waals surface area contributed by atoms with Crippen LogP contribution in [0.3, 0.4) is 0 Å². The molecule has 0 fully saturated rings. The van der Waals surface area contributed by atoms with Crippen molar-refractivity contribution in [1.29, 1.82) is 0 Å². The van der Waals surface area contributed by atoms with Gasteiger partial charge < -0.3 is 5.32 Å². The summed E-state index contributed by atoms with van der Waals surface area (Å²) in [5.74, 6) is 1.54. The molecule has 1 aliphatic heterocycles. The first kappa shape index (κ1) is 31.2. The molecule has 0 saturated heterocycles. The lowest BCUT2D eigenvalue weighted by Crippen LogP contribution is -2.33. The molecule has 1 aliphatic carbocycles. The van der Waals surface area contributed by atoms with E-state index in [1.807, 2.05) is 6.07 Å². The molecule has 0 bridgehead atoms. The fraction of sp³-hybridized carbons (Fsp3) is 0.0800. The van der Waals surface area contributed by atoms with Crippen molar-refractivity contribution in [2.45, 2.75) is 25.4 Å². The van der Waals surface area contributed by atoms with Gasteiger partial charge in [-0.05, 0) is 89.8 Å². The standard InChI is InChI=1S/C50H37N3/c1-50(2)44-31-40(27-28-42(44)45-43(34-14-5-3-6-15-34)30-39-19-11-12-20-41(39)46(45)50)49-52-47(35-16-7-4-8-17-35)51-48(53-49)36-24-21-33(22-25-36)38-26-23-32-13-9-10-18-37(32)29-38/h3-31,47H,1-2H3,(H,51,52,53). The van der Waals surface area contributed by atoms with Gasteiger partial charge in [0, 0.05) is 16.5 Å². The van der Waals surface area contributed by atoms with Crippen LogP contribution in [0.4, 0.5) is 0 Å². The first-order valence-corrected chi connectivity index (χ1v) is 18.4. The van der Waals surface area contributed by atoms with Gasteiger partial charge in [-0.25, -0.2) is 9.98 Å². The predicted molar refractivity (Wildman–Crippen MR) is 222 cm³/mol. The van der Waals surface area contributed by atoms with E-state index in [0.29, 0.717) is 0 Å². The van der Waals surface area contributed by atoms with E-state index in [2.05, 4.69) is 189 Å². The van der Waals surface area contributed by atoms with Crippen LogP contribution >= 0.6 is 0 Å². The van der Waals surface area contributed by atoms with Crippen molar-refractivity contribution >= 4 is 33.2 Å². The summed E-state index contributed by atoms with van der Waals surface area (Å²) >= 11 is 0. The van der Waals surface area contributed by atoms with Crippen LogP contribution < -0.4 is 5.32 Å². The molecule has 0 amide bonds. The lowest BCUT2D eigenvalue weighted by molar-refractivity contribution is 0.665. The smallest absolute Gasteiger partial charge is 0.159 e. The predicted octanol–water partition coefficient (Wildman–Crippen LogP) is 12.1. The Hall–Kier alpha value is -6.58. The molecule has 0 saturated carbocycles. The highest BCUT2D eigenvalue weighted by Crippen LogP contribution is 2.55. The summed E-state index contributed by atoms with van der Waals surface area (Å²) in [6, 6.07) is 63.1. The zero-order valence-corrected chi connectivity index (χ0v) is 29.7. The van der Waals surface area contributed by atoms with Crippen LogP contribution in [0.25, 0.3) is 54.9 Å². The van der Waals surface area contributed by atoms with Crippen LogP contribution in [-0.2, 0) is 5.41 Å². The Morgan fingerprint density at radius 1 is 0.491 bits per heavy atom. The van der Waals surface area contributed by atoms with Gasteiger partial charge in [-0.1, -0.05) is 172 Å². The van der Waals surface area contributed by atoms with Crippen molar-refractivity contribution in [1.82, 2.24) is 5.32 Å². The molecule has 0 aromatic heterocycles. The zero-order chi connectivity index (χ0) is 35.5. The SMILES string of the molecule is CC1(C)c2cc(C3=NC(c4ccccc4)NC(c4ccc(-c5ccc6ccccc6c5)cc4)=N3)ccc2-c2c(-c3ccccc3)cc3ccccc3c21. The van der Waals surface area contributed by atoms with Crippen LogP contribution in [0.2, 0.25) is 0 Å². The largest absolute Gasteiger partial charge is 0.344 e. The van der Waals surface area contributed by atoms with Gasteiger partial charge in [0.1, 0.15) is 12.0 Å². The van der Waals surface area contributed by atoms with Gasteiger partial charge in [-0.15, -0.1) is 0 Å². The highest BCUT2D eigenvalue weighted by molar-refractivity contribution is 6.14. The van der Waals surface area contributed by atoms with Gasteiger partial charge in [0.25, 0.3) is 0 Å². The number of hydrogen-bond acceptors (Lipinski definition) is 3. The van der Waals surface area contributed by atoms with E-state index >= 15 is 0 Å². The summed E-state index contributed by atoms with van der Waals surface area (Å²) < 4.78 is 0. The second-order valence-corrected chi connectivity index (χ2v) is 14.7. The fourth-order valence-electron chi connectivity index (χ4n) is 8.40. The van der Waals surface area contributed by atoms with Crippen molar-refractivity contribution in [3.63, 3.8) is 0 Å². The van der Waals surface area contributed by atoms with E-state index in [0.717, 1.165) is 28.4 Å². The van der Waals surface area contributed by atoms with Crippen molar-refractivity contribution in [2.24, 2.45) is 9.98 Å². The number of nitrogens with zero attached hydrogens (tertiary/aromatic N) is 2. The van der Waals surface area contributed by atoms with Crippen LogP contribution in [0.5, 0.6) is 0 Å². The maximum atomic E-state index is 5.25. The van der Waals surface area contributed by atoms with Gasteiger partial charge in [-0.2, -0.15) is 0 Å². The zero-order valence-electron chi connectivity index (χ0n) is 29.7. The lowest BCUT2D eigenvalue weighted by Gasteiger charge is -2.25. The number of fused-ring (bicyclic) bond motifs is 6. The molecule has 3 heteroatoms. The highest BCUT2D eigenvalue weighted by atomic mass is 15.2. The summed E-state index contributed by atoms with van der Waals surface area (Å²) in [5.41, 5.74) is 13.1. The molecule has 10 rings (SSSR count). The van der Waals surface area contributed by atoms with Gasteiger partial charge in [0.2, 0.25) is 0 Å². The molecule has 1 heterocycles. The molecule has 252 valence electrons. The number of amidine groups is 2. The molecule has 53 heavy (non-hydrogen) atoms. The van der Waals surface area contributed by atoms with E-state index in [1.165, 1.54) is 66.1 Å². The molecular formula is C50H37N3. The van der Waals surface area contributed by atoms with Gasteiger partial charge in [0.05, 0.1) is 0 Å². The maximum Gasteiger partial charge on any atom is 0.159 e. The van der Waals surface area contributed by atoms with Crippen LogP contribution in [0, 0.1) is 0 Å². The van der Waals surface area contributed by atoms with E-state index in [9.17, 15) is 0 Å². The minimum atomic E-state index is -0.272. The Morgan fingerprint density at radius 3 is 1.92 bits per heavy atom. The quantitative estimate of drug-likeness (QED) is 0.193. The Labute approximate surface area is 310 Å². The van der Waals surface area contributed by atoms with Crippen LogP contribution in [0.1, 0.15) is 47.8 Å². The Bertz CT molecular complexity index is 2760. The van der Waals surface area contributed by atoms with Crippen molar-refractivity contribution in [3.05, 3.63) is 204 Å².